The standard InChI is InChI=1S/C8H5NO4S/c10-6(11)1-9-7(12)4-2-14-3-5(4)8(9)13/h2-3H,1H2,(H,10,11). The maximum absolute atomic E-state index is 11.5. The normalized spacial score (nSPS) is 14.7. The Bertz CT molecular complexity index is 406. The molecular formula is C8H5NO4S. The SMILES string of the molecule is O=C(O)CN1C(=O)c2cscc2C1=O. The molecule has 2 rings (SSSR count). The van der Waals surface area contributed by atoms with E-state index in [1.54, 1.807) is 10.8 Å². The van der Waals surface area contributed by atoms with Crippen molar-refractivity contribution in [1.82, 2.24) is 4.90 Å². The molecule has 1 aromatic rings. The highest BCUT2D eigenvalue weighted by Gasteiger charge is 2.37. The first kappa shape index (κ1) is 8.89. The van der Waals surface area contributed by atoms with Crippen molar-refractivity contribution in [2.24, 2.45) is 0 Å². The summed E-state index contributed by atoms with van der Waals surface area (Å²) in [6, 6.07) is 0. The number of hydrogen-bond acceptors (Lipinski definition) is 4. The molecule has 0 atom stereocenters. The molecule has 0 radical (unpaired) electrons. The van der Waals surface area contributed by atoms with E-state index in [2.05, 4.69) is 0 Å². The summed E-state index contributed by atoms with van der Waals surface area (Å²) in [6.45, 7) is -0.572. The fourth-order valence-electron chi connectivity index (χ4n) is 1.29. The van der Waals surface area contributed by atoms with Crippen molar-refractivity contribution < 1.29 is 19.5 Å². The number of carboxylic acids is 1. The Morgan fingerprint density at radius 1 is 1.29 bits per heavy atom. The van der Waals surface area contributed by atoms with Gasteiger partial charge in [-0.1, -0.05) is 0 Å². The molecule has 0 fully saturated rings. The van der Waals surface area contributed by atoms with Crippen LogP contribution in [0.4, 0.5) is 0 Å². The van der Waals surface area contributed by atoms with Crippen molar-refractivity contribution in [3.63, 3.8) is 0 Å². The Morgan fingerprint density at radius 3 is 2.21 bits per heavy atom. The Morgan fingerprint density at radius 2 is 1.79 bits per heavy atom. The Balaban J connectivity index is 2.35. The van der Waals surface area contributed by atoms with Gasteiger partial charge in [-0.25, -0.2) is 0 Å². The molecule has 0 bridgehead atoms. The van der Waals surface area contributed by atoms with Crippen LogP contribution in [0.5, 0.6) is 0 Å². The molecule has 0 unspecified atom stereocenters. The van der Waals surface area contributed by atoms with Gasteiger partial charge in [0.05, 0.1) is 11.1 Å². The van der Waals surface area contributed by atoms with E-state index in [0.29, 0.717) is 11.1 Å². The summed E-state index contributed by atoms with van der Waals surface area (Å²) in [5.74, 6) is -2.23. The van der Waals surface area contributed by atoms with Gasteiger partial charge >= 0.3 is 5.97 Å². The smallest absolute Gasteiger partial charge is 0.323 e. The van der Waals surface area contributed by atoms with E-state index in [4.69, 9.17) is 5.11 Å². The van der Waals surface area contributed by atoms with Crippen molar-refractivity contribution >= 4 is 29.1 Å². The van der Waals surface area contributed by atoms with Crippen molar-refractivity contribution in [3.05, 3.63) is 21.9 Å². The third-order valence-electron chi connectivity index (χ3n) is 1.91. The summed E-state index contributed by atoms with van der Waals surface area (Å²) in [4.78, 5) is 34.0. The summed E-state index contributed by atoms with van der Waals surface area (Å²) in [7, 11) is 0. The van der Waals surface area contributed by atoms with Gasteiger partial charge in [0.15, 0.2) is 0 Å². The number of amides is 2. The molecule has 0 saturated carbocycles. The molecule has 2 amide bonds. The summed E-state index contributed by atoms with van der Waals surface area (Å²) >= 11 is 1.25. The van der Waals surface area contributed by atoms with Crippen LogP contribution >= 0.6 is 11.3 Å². The lowest BCUT2D eigenvalue weighted by atomic mass is 10.2. The molecule has 0 saturated heterocycles. The number of rotatable bonds is 2. The first-order chi connectivity index (χ1) is 6.61. The molecular weight excluding hydrogens is 206 g/mol. The number of carbonyl (C=O) groups excluding carboxylic acids is 2. The topological polar surface area (TPSA) is 74.7 Å². The molecule has 72 valence electrons. The van der Waals surface area contributed by atoms with Crippen LogP contribution in [0.25, 0.3) is 0 Å². The van der Waals surface area contributed by atoms with Gasteiger partial charge < -0.3 is 5.11 Å². The Hall–Kier alpha value is -1.69. The van der Waals surface area contributed by atoms with Crippen molar-refractivity contribution in [3.8, 4) is 0 Å². The summed E-state index contributed by atoms with van der Waals surface area (Å²) < 4.78 is 0. The van der Waals surface area contributed by atoms with Crippen LogP contribution < -0.4 is 0 Å². The highest BCUT2D eigenvalue weighted by Crippen LogP contribution is 2.25. The molecule has 5 nitrogen and oxygen atoms in total. The molecule has 0 aromatic carbocycles. The average Bonchev–Trinajstić information content (AvgIpc) is 2.65. The molecule has 0 spiro atoms. The number of imide groups is 1. The minimum absolute atomic E-state index is 0.307. The second-order valence-corrected chi connectivity index (χ2v) is 3.53. The van der Waals surface area contributed by atoms with E-state index in [-0.39, 0.29) is 0 Å². The van der Waals surface area contributed by atoms with Gasteiger partial charge in [-0.2, -0.15) is 11.3 Å². The van der Waals surface area contributed by atoms with E-state index < -0.39 is 24.3 Å². The molecule has 0 aliphatic carbocycles. The average molecular weight is 211 g/mol. The first-order valence-corrected chi connectivity index (χ1v) is 4.69. The van der Waals surface area contributed by atoms with Gasteiger partial charge in [0.2, 0.25) is 0 Å². The van der Waals surface area contributed by atoms with Crippen LogP contribution in [0, 0.1) is 0 Å². The van der Waals surface area contributed by atoms with E-state index in [1.165, 1.54) is 11.3 Å². The number of thiophene rings is 1. The maximum atomic E-state index is 11.5. The molecule has 2 heterocycles. The van der Waals surface area contributed by atoms with Crippen LogP contribution in [0.2, 0.25) is 0 Å². The van der Waals surface area contributed by atoms with Gasteiger partial charge in [0.1, 0.15) is 6.54 Å². The van der Waals surface area contributed by atoms with E-state index in [1.807, 2.05) is 0 Å². The maximum Gasteiger partial charge on any atom is 0.323 e. The number of nitrogens with zero attached hydrogens (tertiary/aromatic N) is 1. The lowest BCUT2D eigenvalue weighted by Crippen LogP contribution is -2.34. The van der Waals surface area contributed by atoms with E-state index in [9.17, 15) is 14.4 Å². The highest BCUT2D eigenvalue weighted by atomic mass is 32.1. The zero-order valence-electron chi connectivity index (χ0n) is 6.89. The molecule has 1 aliphatic rings. The predicted octanol–water partition coefficient (Wildman–Crippen LogP) is 0.429. The fraction of sp³-hybridized carbons (Fsp3) is 0.125. The van der Waals surface area contributed by atoms with Crippen molar-refractivity contribution in [2.45, 2.75) is 0 Å². The van der Waals surface area contributed by atoms with Crippen LogP contribution in [-0.2, 0) is 4.79 Å². The minimum atomic E-state index is -1.19. The third-order valence-corrected chi connectivity index (χ3v) is 2.65. The quantitative estimate of drug-likeness (QED) is 0.720. The van der Waals surface area contributed by atoms with Crippen molar-refractivity contribution in [2.75, 3.05) is 6.54 Å². The van der Waals surface area contributed by atoms with Crippen LogP contribution in [0.1, 0.15) is 20.7 Å². The van der Waals surface area contributed by atoms with E-state index in [0.717, 1.165) is 4.90 Å². The van der Waals surface area contributed by atoms with Crippen LogP contribution in [0.15, 0.2) is 10.8 Å². The van der Waals surface area contributed by atoms with Crippen LogP contribution in [0.3, 0.4) is 0 Å². The Labute approximate surface area is 82.6 Å². The van der Waals surface area contributed by atoms with Gasteiger partial charge in [0.25, 0.3) is 11.8 Å². The summed E-state index contributed by atoms with van der Waals surface area (Å²) in [6.07, 6.45) is 0. The second-order valence-electron chi connectivity index (χ2n) is 2.79. The monoisotopic (exact) mass is 211 g/mol. The number of hydrogen-bond donors (Lipinski definition) is 1. The third kappa shape index (κ3) is 1.12. The first-order valence-electron chi connectivity index (χ1n) is 3.75. The molecule has 1 aromatic heterocycles. The zero-order valence-corrected chi connectivity index (χ0v) is 7.71. The lowest BCUT2D eigenvalue weighted by Gasteiger charge is -2.09. The van der Waals surface area contributed by atoms with E-state index >= 15 is 0 Å². The predicted molar refractivity (Wildman–Crippen MR) is 47.3 cm³/mol. The minimum Gasteiger partial charge on any atom is -0.480 e. The van der Waals surface area contributed by atoms with Gasteiger partial charge in [-0.15, -0.1) is 0 Å². The molecule has 14 heavy (non-hydrogen) atoms. The number of fused-ring (bicyclic) bond motifs is 1. The van der Waals surface area contributed by atoms with Gasteiger partial charge in [0, 0.05) is 10.8 Å². The van der Waals surface area contributed by atoms with Crippen molar-refractivity contribution in [1.29, 1.82) is 0 Å². The number of aliphatic carboxylic acids is 1. The lowest BCUT2D eigenvalue weighted by molar-refractivity contribution is -0.137. The molecule has 6 heteroatoms. The summed E-state index contributed by atoms with van der Waals surface area (Å²) in [5.41, 5.74) is 0.613. The van der Waals surface area contributed by atoms with Crippen LogP contribution in [-0.4, -0.2) is 34.3 Å². The highest BCUT2D eigenvalue weighted by molar-refractivity contribution is 7.08. The zero-order chi connectivity index (χ0) is 10.3. The van der Waals surface area contributed by atoms with Gasteiger partial charge in [-0.05, 0) is 0 Å². The second kappa shape index (κ2) is 2.91. The molecule has 1 N–H and O–H groups in total. The van der Waals surface area contributed by atoms with Gasteiger partial charge in [-0.3, -0.25) is 19.3 Å². The number of carbonyl (C=O) groups is 3. The molecule has 1 aliphatic heterocycles. The Kier molecular flexibility index (Phi) is 1.85. The summed E-state index contributed by atoms with van der Waals surface area (Å²) in [5, 5.41) is 11.6. The fourth-order valence-corrected chi connectivity index (χ4v) is 2.09. The largest absolute Gasteiger partial charge is 0.480 e. The number of carboxylic acid groups (broad SMARTS) is 1.